The molecule has 0 radical (unpaired) electrons. The molecule has 146 valence electrons. The average Bonchev–Trinajstić information content (AvgIpc) is 2.71. The lowest BCUT2D eigenvalue weighted by Crippen LogP contribution is -2.38. The van der Waals surface area contributed by atoms with Gasteiger partial charge in [-0.2, -0.15) is 0 Å². The highest BCUT2D eigenvalue weighted by Crippen LogP contribution is 2.25. The van der Waals surface area contributed by atoms with Crippen LogP contribution in [0.3, 0.4) is 0 Å². The van der Waals surface area contributed by atoms with Gasteiger partial charge in [0.2, 0.25) is 0 Å². The van der Waals surface area contributed by atoms with E-state index in [4.69, 9.17) is 0 Å². The van der Waals surface area contributed by atoms with Gasteiger partial charge >= 0.3 is 6.03 Å². The van der Waals surface area contributed by atoms with Gasteiger partial charge in [0.25, 0.3) is 0 Å². The quantitative estimate of drug-likeness (QED) is 0.574. The Bertz CT molecular complexity index is 934. The summed E-state index contributed by atoms with van der Waals surface area (Å²) in [4.78, 5) is 13.8. The lowest BCUT2D eigenvalue weighted by molar-refractivity contribution is 0.209. The molecule has 3 aromatic carbocycles. The summed E-state index contributed by atoms with van der Waals surface area (Å²) in [6.45, 7) is 5.54. The molecular formula is C24H29N3O. The first-order chi connectivity index (χ1) is 13.6. The number of nitrogens with zero attached hydrogens (tertiary/aromatic N) is 1. The Hall–Kier alpha value is -3.01. The Morgan fingerprint density at radius 2 is 1.75 bits per heavy atom. The average molecular weight is 376 g/mol. The molecule has 0 heterocycles. The number of carbonyl (C=O) groups excluding carboxylic acids is 1. The van der Waals surface area contributed by atoms with Crippen LogP contribution in [-0.4, -0.2) is 31.1 Å². The number of amides is 2. The van der Waals surface area contributed by atoms with Crippen molar-refractivity contribution in [2.45, 2.75) is 26.7 Å². The summed E-state index contributed by atoms with van der Waals surface area (Å²) in [5, 5.41) is 8.84. The van der Waals surface area contributed by atoms with E-state index in [0.29, 0.717) is 13.1 Å². The van der Waals surface area contributed by atoms with Gasteiger partial charge in [0, 0.05) is 31.5 Å². The highest BCUT2D eigenvalue weighted by molar-refractivity contribution is 5.89. The van der Waals surface area contributed by atoms with Gasteiger partial charge in [-0.25, -0.2) is 4.79 Å². The van der Waals surface area contributed by atoms with E-state index in [9.17, 15) is 4.79 Å². The molecule has 3 aromatic rings. The molecular weight excluding hydrogens is 346 g/mol. The summed E-state index contributed by atoms with van der Waals surface area (Å²) in [6, 6.07) is 21.2. The Labute approximate surface area is 167 Å². The first-order valence-electron chi connectivity index (χ1n) is 9.91. The Balaban J connectivity index is 1.75. The third kappa shape index (κ3) is 5.03. The van der Waals surface area contributed by atoms with Gasteiger partial charge < -0.3 is 15.5 Å². The number of benzene rings is 3. The van der Waals surface area contributed by atoms with Crippen LogP contribution >= 0.6 is 0 Å². The van der Waals surface area contributed by atoms with Crippen LogP contribution in [0.1, 0.15) is 24.5 Å². The molecule has 0 aliphatic rings. The molecule has 2 amide bonds. The normalized spacial score (nSPS) is 10.7. The van der Waals surface area contributed by atoms with Crippen LogP contribution in [0.2, 0.25) is 0 Å². The van der Waals surface area contributed by atoms with Gasteiger partial charge in [0.05, 0.1) is 0 Å². The van der Waals surface area contributed by atoms with Gasteiger partial charge in [-0.3, -0.25) is 0 Å². The zero-order valence-electron chi connectivity index (χ0n) is 17.0. The highest BCUT2D eigenvalue weighted by Gasteiger charge is 2.09. The van der Waals surface area contributed by atoms with Gasteiger partial charge in [-0.05, 0) is 60.4 Å². The molecule has 28 heavy (non-hydrogen) atoms. The molecule has 4 nitrogen and oxygen atoms in total. The van der Waals surface area contributed by atoms with Crippen molar-refractivity contribution >= 4 is 28.2 Å². The number of nitrogens with one attached hydrogen (secondary N) is 2. The summed E-state index contributed by atoms with van der Waals surface area (Å²) < 4.78 is 0. The van der Waals surface area contributed by atoms with Crippen LogP contribution in [0.5, 0.6) is 0 Å². The van der Waals surface area contributed by atoms with Crippen LogP contribution in [0.15, 0.2) is 60.7 Å². The van der Waals surface area contributed by atoms with Crippen molar-refractivity contribution in [3.8, 4) is 0 Å². The molecule has 0 spiro atoms. The van der Waals surface area contributed by atoms with Crippen molar-refractivity contribution in [1.29, 1.82) is 0 Å². The molecule has 4 heteroatoms. The van der Waals surface area contributed by atoms with E-state index in [1.807, 2.05) is 7.05 Å². The van der Waals surface area contributed by atoms with Gasteiger partial charge in [-0.15, -0.1) is 0 Å². The lowest BCUT2D eigenvalue weighted by atomic mass is 10.0. The maximum atomic E-state index is 12.1. The SMILES string of the molecule is CCCNC(=O)N(C)CCc1cccc2ccc(Nc3ccc(C)cc3)cc12. The molecule has 2 N–H and O–H groups in total. The predicted octanol–water partition coefficient (Wildman–Crippen LogP) is 5.49. The van der Waals surface area contributed by atoms with Crippen LogP contribution in [0, 0.1) is 6.92 Å². The van der Waals surface area contributed by atoms with Crippen molar-refractivity contribution in [2.75, 3.05) is 25.5 Å². The predicted molar refractivity (Wildman–Crippen MR) is 118 cm³/mol. The second kappa shape index (κ2) is 9.27. The van der Waals surface area contributed by atoms with E-state index in [1.165, 1.54) is 21.9 Å². The van der Waals surface area contributed by atoms with Crippen molar-refractivity contribution in [3.05, 3.63) is 71.8 Å². The molecule has 3 rings (SSSR count). The third-order valence-corrected chi connectivity index (χ3v) is 4.90. The van der Waals surface area contributed by atoms with Crippen LogP contribution in [-0.2, 0) is 6.42 Å². The molecule has 0 aromatic heterocycles. The van der Waals surface area contributed by atoms with Crippen LogP contribution in [0.4, 0.5) is 16.2 Å². The summed E-state index contributed by atoms with van der Waals surface area (Å²) in [5.41, 5.74) is 4.64. The van der Waals surface area contributed by atoms with E-state index in [-0.39, 0.29) is 6.03 Å². The first kappa shape index (κ1) is 19.7. The Morgan fingerprint density at radius 1 is 1.00 bits per heavy atom. The van der Waals surface area contributed by atoms with Crippen molar-refractivity contribution in [2.24, 2.45) is 0 Å². The second-order valence-electron chi connectivity index (χ2n) is 7.25. The van der Waals surface area contributed by atoms with E-state index >= 15 is 0 Å². The maximum absolute atomic E-state index is 12.1. The Morgan fingerprint density at radius 3 is 2.50 bits per heavy atom. The fourth-order valence-electron chi connectivity index (χ4n) is 3.19. The molecule has 0 saturated heterocycles. The van der Waals surface area contributed by atoms with Crippen molar-refractivity contribution in [1.82, 2.24) is 10.2 Å². The summed E-state index contributed by atoms with van der Waals surface area (Å²) in [7, 11) is 1.85. The maximum Gasteiger partial charge on any atom is 0.317 e. The number of fused-ring (bicyclic) bond motifs is 1. The Kier molecular flexibility index (Phi) is 6.53. The molecule has 0 fully saturated rings. The summed E-state index contributed by atoms with van der Waals surface area (Å²) >= 11 is 0. The minimum absolute atomic E-state index is 0.0104. The van der Waals surface area contributed by atoms with Gasteiger partial charge in [-0.1, -0.05) is 48.9 Å². The number of likely N-dealkylation sites (N-methyl/N-ethyl adjacent to an activating group) is 1. The van der Waals surface area contributed by atoms with E-state index in [2.05, 4.69) is 85.1 Å². The summed E-state index contributed by atoms with van der Waals surface area (Å²) in [5.74, 6) is 0. The number of rotatable bonds is 7. The molecule has 0 saturated carbocycles. The fraction of sp³-hybridized carbons (Fsp3) is 0.292. The first-order valence-corrected chi connectivity index (χ1v) is 9.91. The third-order valence-electron chi connectivity index (χ3n) is 4.90. The monoisotopic (exact) mass is 375 g/mol. The fourth-order valence-corrected chi connectivity index (χ4v) is 3.19. The van der Waals surface area contributed by atoms with Crippen LogP contribution in [0.25, 0.3) is 10.8 Å². The van der Waals surface area contributed by atoms with E-state index < -0.39 is 0 Å². The smallest absolute Gasteiger partial charge is 0.317 e. The zero-order valence-corrected chi connectivity index (χ0v) is 17.0. The lowest BCUT2D eigenvalue weighted by Gasteiger charge is -2.18. The van der Waals surface area contributed by atoms with E-state index in [0.717, 1.165) is 24.2 Å². The zero-order chi connectivity index (χ0) is 19.9. The number of carbonyl (C=O) groups is 1. The summed E-state index contributed by atoms with van der Waals surface area (Å²) in [6.07, 6.45) is 1.76. The molecule has 0 aliphatic heterocycles. The number of urea groups is 1. The number of hydrogen-bond donors (Lipinski definition) is 2. The molecule has 0 unspecified atom stereocenters. The number of hydrogen-bond acceptors (Lipinski definition) is 2. The highest BCUT2D eigenvalue weighted by atomic mass is 16.2. The van der Waals surface area contributed by atoms with Crippen LogP contribution < -0.4 is 10.6 Å². The topological polar surface area (TPSA) is 44.4 Å². The van der Waals surface area contributed by atoms with Gasteiger partial charge in [0.15, 0.2) is 0 Å². The van der Waals surface area contributed by atoms with E-state index in [1.54, 1.807) is 4.90 Å². The number of anilines is 2. The molecule has 0 aliphatic carbocycles. The standard InChI is InChI=1S/C24H29N3O/c1-4-15-25-24(28)27(3)16-14-20-7-5-6-19-10-13-22(17-23(19)20)26-21-11-8-18(2)9-12-21/h5-13,17,26H,4,14-16H2,1-3H3,(H,25,28). The minimum atomic E-state index is -0.0104. The molecule has 0 bridgehead atoms. The van der Waals surface area contributed by atoms with Gasteiger partial charge in [0.1, 0.15) is 0 Å². The number of aryl methyl sites for hydroxylation is 1. The second-order valence-corrected chi connectivity index (χ2v) is 7.25. The largest absolute Gasteiger partial charge is 0.356 e. The minimum Gasteiger partial charge on any atom is -0.356 e. The van der Waals surface area contributed by atoms with Crippen molar-refractivity contribution < 1.29 is 4.79 Å². The molecule has 0 atom stereocenters. The van der Waals surface area contributed by atoms with Crippen molar-refractivity contribution in [3.63, 3.8) is 0 Å².